The lowest BCUT2D eigenvalue weighted by Crippen LogP contribution is -2.23. The van der Waals surface area contributed by atoms with Crippen molar-refractivity contribution in [3.8, 4) is 0 Å². The molecule has 0 heterocycles. The van der Waals surface area contributed by atoms with Crippen LogP contribution in [0.1, 0.15) is 17.0 Å². The lowest BCUT2D eigenvalue weighted by atomic mass is 9.91. The average Bonchev–Trinajstić information content (AvgIpc) is 2.38. The third-order valence-electron chi connectivity index (χ3n) is 2.83. The first-order valence-electron chi connectivity index (χ1n) is 5.65. The van der Waals surface area contributed by atoms with Gasteiger partial charge in [0, 0.05) is 0 Å². The number of amides is 1. The topological polar surface area (TPSA) is 43.1 Å². The van der Waals surface area contributed by atoms with E-state index in [0.29, 0.717) is 6.42 Å². The van der Waals surface area contributed by atoms with Gasteiger partial charge in [-0.1, -0.05) is 60.7 Å². The zero-order valence-electron chi connectivity index (χ0n) is 9.95. The summed E-state index contributed by atoms with van der Waals surface area (Å²) in [5.41, 5.74) is 7.58. The van der Waals surface area contributed by atoms with Gasteiger partial charge in [-0.15, -0.1) is 12.4 Å². The number of carbonyl (C=O) groups excluding carboxylic acids is 1. The number of nitrogens with two attached hydrogens (primary N) is 1. The first kappa shape index (κ1) is 14.3. The van der Waals surface area contributed by atoms with Gasteiger partial charge in [0.1, 0.15) is 0 Å². The number of rotatable bonds is 4. The molecular weight excluding hydrogens is 246 g/mol. The van der Waals surface area contributed by atoms with E-state index < -0.39 is 0 Å². The highest BCUT2D eigenvalue weighted by Gasteiger charge is 2.17. The lowest BCUT2D eigenvalue weighted by molar-refractivity contribution is -0.119. The van der Waals surface area contributed by atoms with Gasteiger partial charge in [-0.2, -0.15) is 0 Å². The smallest absolute Gasteiger partial charge is 0.225 e. The Balaban J connectivity index is 0.00000162. The molecule has 0 aliphatic carbocycles. The summed E-state index contributed by atoms with van der Waals surface area (Å²) in [5.74, 6) is -0.529. The van der Waals surface area contributed by atoms with Gasteiger partial charge >= 0.3 is 0 Å². The maximum absolute atomic E-state index is 11.5. The van der Waals surface area contributed by atoms with Crippen LogP contribution in [0, 0.1) is 0 Å². The Hall–Kier alpha value is -1.80. The van der Waals surface area contributed by atoms with Crippen molar-refractivity contribution in [2.24, 2.45) is 5.73 Å². The molecule has 1 atom stereocenters. The van der Waals surface area contributed by atoms with Gasteiger partial charge < -0.3 is 5.73 Å². The van der Waals surface area contributed by atoms with Gasteiger partial charge in [-0.3, -0.25) is 4.79 Å². The molecule has 0 saturated carbocycles. The van der Waals surface area contributed by atoms with E-state index in [2.05, 4.69) is 0 Å². The van der Waals surface area contributed by atoms with E-state index in [0.717, 1.165) is 11.1 Å². The van der Waals surface area contributed by atoms with E-state index in [1.54, 1.807) is 0 Å². The molecule has 18 heavy (non-hydrogen) atoms. The molecule has 94 valence electrons. The number of primary amides is 1. The first-order chi connectivity index (χ1) is 8.27. The van der Waals surface area contributed by atoms with E-state index in [-0.39, 0.29) is 24.2 Å². The minimum atomic E-state index is -0.278. The van der Waals surface area contributed by atoms with Gasteiger partial charge in [-0.25, -0.2) is 0 Å². The molecule has 2 aromatic carbocycles. The molecule has 1 amide bonds. The molecule has 2 aromatic rings. The van der Waals surface area contributed by atoms with E-state index in [9.17, 15) is 4.79 Å². The minimum Gasteiger partial charge on any atom is -0.369 e. The van der Waals surface area contributed by atoms with Crippen LogP contribution in [0.15, 0.2) is 60.7 Å². The maximum atomic E-state index is 11.5. The summed E-state index contributed by atoms with van der Waals surface area (Å²) >= 11 is 0. The number of halogens is 1. The molecule has 2 nitrogen and oxygen atoms in total. The molecule has 1 unspecified atom stereocenters. The summed E-state index contributed by atoms with van der Waals surface area (Å²) in [6.07, 6.45) is 0.653. The van der Waals surface area contributed by atoms with Crippen LogP contribution in [-0.4, -0.2) is 5.91 Å². The van der Waals surface area contributed by atoms with Crippen molar-refractivity contribution in [1.29, 1.82) is 0 Å². The number of carbonyl (C=O) groups is 1. The van der Waals surface area contributed by atoms with Crippen LogP contribution < -0.4 is 5.73 Å². The fourth-order valence-corrected chi connectivity index (χ4v) is 1.92. The summed E-state index contributed by atoms with van der Waals surface area (Å²) in [5, 5.41) is 0. The highest BCUT2D eigenvalue weighted by molar-refractivity contribution is 5.85. The molecular formula is C15H16ClNO. The third-order valence-corrected chi connectivity index (χ3v) is 2.83. The van der Waals surface area contributed by atoms with Crippen LogP contribution in [0.5, 0.6) is 0 Å². The highest BCUT2D eigenvalue weighted by Crippen LogP contribution is 2.20. The average molecular weight is 262 g/mol. The molecule has 0 aliphatic rings. The summed E-state index contributed by atoms with van der Waals surface area (Å²) in [7, 11) is 0. The largest absolute Gasteiger partial charge is 0.369 e. The summed E-state index contributed by atoms with van der Waals surface area (Å²) < 4.78 is 0. The van der Waals surface area contributed by atoms with Gasteiger partial charge in [0.2, 0.25) is 5.91 Å². The van der Waals surface area contributed by atoms with Gasteiger partial charge in [0.15, 0.2) is 0 Å². The predicted molar refractivity (Wildman–Crippen MR) is 75.8 cm³/mol. The Labute approximate surface area is 113 Å². The second-order valence-electron chi connectivity index (χ2n) is 4.06. The van der Waals surface area contributed by atoms with Crippen LogP contribution in [-0.2, 0) is 11.2 Å². The zero-order valence-corrected chi connectivity index (χ0v) is 10.8. The molecule has 2 rings (SSSR count). The van der Waals surface area contributed by atoms with Gasteiger partial charge in [0.05, 0.1) is 5.92 Å². The highest BCUT2D eigenvalue weighted by atomic mass is 35.5. The van der Waals surface area contributed by atoms with E-state index in [1.807, 2.05) is 60.7 Å². The van der Waals surface area contributed by atoms with Crippen molar-refractivity contribution in [3.63, 3.8) is 0 Å². The van der Waals surface area contributed by atoms with Crippen molar-refractivity contribution in [2.45, 2.75) is 12.3 Å². The van der Waals surface area contributed by atoms with Crippen molar-refractivity contribution >= 4 is 18.3 Å². The fourth-order valence-electron chi connectivity index (χ4n) is 1.92. The standard InChI is InChI=1S/C15H15NO.ClH/c16-15(17)14(13-9-5-2-6-10-13)11-12-7-3-1-4-8-12;/h1-10,14H,11H2,(H2,16,17);1H. The van der Waals surface area contributed by atoms with Gasteiger partial charge in [-0.05, 0) is 17.5 Å². The van der Waals surface area contributed by atoms with Crippen molar-refractivity contribution < 1.29 is 4.79 Å². The number of benzene rings is 2. The number of hydrogen-bond donors (Lipinski definition) is 1. The van der Waals surface area contributed by atoms with Crippen LogP contribution in [0.4, 0.5) is 0 Å². The summed E-state index contributed by atoms with van der Waals surface area (Å²) in [6.45, 7) is 0. The number of hydrogen-bond acceptors (Lipinski definition) is 1. The van der Waals surface area contributed by atoms with Crippen molar-refractivity contribution in [3.05, 3.63) is 71.8 Å². The van der Waals surface area contributed by atoms with Crippen LogP contribution in [0.25, 0.3) is 0 Å². The molecule has 0 spiro atoms. The Morgan fingerprint density at radius 2 is 1.44 bits per heavy atom. The van der Waals surface area contributed by atoms with Crippen LogP contribution in [0.3, 0.4) is 0 Å². The molecule has 0 aliphatic heterocycles. The zero-order chi connectivity index (χ0) is 12.1. The molecule has 2 N–H and O–H groups in total. The SMILES string of the molecule is Cl.NC(=O)C(Cc1ccccc1)c1ccccc1. The van der Waals surface area contributed by atoms with E-state index in [4.69, 9.17) is 5.73 Å². The van der Waals surface area contributed by atoms with E-state index in [1.165, 1.54) is 0 Å². The maximum Gasteiger partial charge on any atom is 0.225 e. The second-order valence-corrected chi connectivity index (χ2v) is 4.06. The molecule has 0 saturated heterocycles. The molecule has 0 radical (unpaired) electrons. The fraction of sp³-hybridized carbons (Fsp3) is 0.133. The minimum absolute atomic E-state index is 0. The molecule has 3 heteroatoms. The first-order valence-corrected chi connectivity index (χ1v) is 5.65. The van der Waals surface area contributed by atoms with E-state index >= 15 is 0 Å². The monoisotopic (exact) mass is 261 g/mol. The normalized spacial score (nSPS) is 11.3. The lowest BCUT2D eigenvalue weighted by Gasteiger charge is -2.13. The Kier molecular flexibility index (Phi) is 5.40. The molecule has 0 bridgehead atoms. The Bertz CT molecular complexity index is 484. The Morgan fingerprint density at radius 3 is 1.94 bits per heavy atom. The van der Waals surface area contributed by atoms with Crippen molar-refractivity contribution in [1.82, 2.24) is 0 Å². The van der Waals surface area contributed by atoms with Crippen molar-refractivity contribution in [2.75, 3.05) is 0 Å². The van der Waals surface area contributed by atoms with Gasteiger partial charge in [0.25, 0.3) is 0 Å². The summed E-state index contributed by atoms with van der Waals surface area (Å²) in [6, 6.07) is 19.6. The quantitative estimate of drug-likeness (QED) is 0.904. The van der Waals surface area contributed by atoms with Crippen LogP contribution >= 0.6 is 12.4 Å². The third kappa shape index (κ3) is 3.60. The van der Waals surface area contributed by atoms with Crippen LogP contribution in [0.2, 0.25) is 0 Å². The molecule has 0 fully saturated rings. The Morgan fingerprint density at radius 1 is 0.944 bits per heavy atom. The predicted octanol–water partition coefficient (Wildman–Crippen LogP) is 2.92. The molecule has 0 aromatic heterocycles. The second kappa shape index (κ2) is 6.82. The summed E-state index contributed by atoms with van der Waals surface area (Å²) in [4.78, 5) is 11.5.